The van der Waals surface area contributed by atoms with Crippen LogP contribution in [0.15, 0.2) is 4.99 Å². The van der Waals surface area contributed by atoms with Crippen LogP contribution in [0, 0.1) is 5.92 Å². The first-order valence-electron chi connectivity index (χ1n) is 9.71. The number of rotatable bonds is 5. The van der Waals surface area contributed by atoms with E-state index in [0.717, 1.165) is 31.8 Å². The van der Waals surface area contributed by atoms with Crippen LogP contribution in [0.2, 0.25) is 0 Å². The molecule has 2 rings (SSSR count). The molecule has 0 spiro atoms. The van der Waals surface area contributed by atoms with Gasteiger partial charge in [0.1, 0.15) is 0 Å². The van der Waals surface area contributed by atoms with Gasteiger partial charge in [-0.2, -0.15) is 0 Å². The van der Waals surface area contributed by atoms with Crippen LogP contribution < -0.4 is 11.1 Å². The number of ether oxygens (including phenoxy) is 1. The number of amides is 1. The minimum Gasteiger partial charge on any atom is -0.450 e. The maximum atomic E-state index is 11.7. The summed E-state index contributed by atoms with van der Waals surface area (Å²) in [5.41, 5.74) is 6.07. The molecule has 0 bridgehead atoms. The third-order valence-electron chi connectivity index (χ3n) is 5.21. The van der Waals surface area contributed by atoms with E-state index in [1.54, 1.807) is 4.90 Å². The van der Waals surface area contributed by atoms with Crippen LogP contribution in [-0.2, 0) is 4.74 Å². The number of carbonyl (C=O) groups excluding carboxylic acids is 1. The van der Waals surface area contributed by atoms with Crippen molar-refractivity contribution in [3.63, 3.8) is 0 Å². The van der Waals surface area contributed by atoms with Gasteiger partial charge in [-0.15, -0.1) is 24.0 Å². The predicted octanol–water partition coefficient (Wildman–Crippen LogP) is 2.25. The average Bonchev–Trinajstić information content (AvgIpc) is 2.60. The highest BCUT2D eigenvalue weighted by molar-refractivity contribution is 14.0. The summed E-state index contributed by atoms with van der Waals surface area (Å²) in [5, 5.41) is 3.31. The van der Waals surface area contributed by atoms with E-state index in [2.05, 4.69) is 29.1 Å². The molecule has 152 valence electrons. The molecular formula is C18H36IN5O2. The summed E-state index contributed by atoms with van der Waals surface area (Å²) >= 11 is 0. The Balaban J connectivity index is 0.00000338. The number of halogens is 1. The SMILES string of the molecule is CCOC(=O)N1CCC(NC(N)=NCC(C)N2CCCC(C)C2)CC1.I. The van der Waals surface area contributed by atoms with Crippen molar-refractivity contribution in [1.29, 1.82) is 0 Å². The number of piperidine rings is 2. The number of nitrogens with two attached hydrogens (primary N) is 1. The van der Waals surface area contributed by atoms with E-state index < -0.39 is 0 Å². The van der Waals surface area contributed by atoms with Crippen molar-refractivity contribution in [2.24, 2.45) is 16.6 Å². The average molecular weight is 481 g/mol. The number of nitrogens with zero attached hydrogens (tertiary/aromatic N) is 3. The van der Waals surface area contributed by atoms with Gasteiger partial charge in [-0.1, -0.05) is 6.92 Å². The van der Waals surface area contributed by atoms with Gasteiger partial charge in [0.2, 0.25) is 0 Å². The normalized spacial score (nSPS) is 23.9. The molecule has 2 saturated heterocycles. The van der Waals surface area contributed by atoms with Gasteiger partial charge in [0.05, 0.1) is 13.2 Å². The molecule has 2 atom stereocenters. The number of likely N-dealkylation sites (tertiary alicyclic amines) is 2. The van der Waals surface area contributed by atoms with Gasteiger partial charge in [-0.3, -0.25) is 9.89 Å². The fraction of sp³-hybridized carbons (Fsp3) is 0.889. The maximum absolute atomic E-state index is 11.7. The fourth-order valence-electron chi connectivity index (χ4n) is 3.65. The first-order chi connectivity index (χ1) is 12.0. The molecule has 3 N–H and O–H groups in total. The van der Waals surface area contributed by atoms with E-state index in [1.165, 1.54) is 19.4 Å². The van der Waals surface area contributed by atoms with Gasteiger partial charge in [-0.25, -0.2) is 4.79 Å². The minimum absolute atomic E-state index is 0. The standard InChI is InChI=1S/C18H35N5O2.HI/c1-4-25-18(24)22-10-7-16(8-11-22)21-17(19)20-12-15(3)23-9-5-6-14(2)13-23;/h14-16H,4-13H2,1-3H3,(H3,19,20,21);1H. The zero-order valence-corrected chi connectivity index (χ0v) is 18.8. The topological polar surface area (TPSA) is 83.2 Å². The van der Waals surface area contributed by atoms with Gasteiger partial charge in [0, 0.05) is 31.7 Å². The van der Waals surface area contributed by atoms with Crippen molar-refractivity contribution in [3.05, 3.63) is 0 Å². The summed E-state index contributed by atoms with van der Waals surface area (Å²) < 4.78 is 5.04. The van der Waals surface area contributed by atoms with Crippen molar-refractivity contribution in [2.45, 2.75) is 58.5 Å². The van der Waals surface area contributed by atoms with Crippen LogP contribution >= 0.6 is 24.0 Å². The molecule has 0 aromatic rings. The van der Waals surface area contributed by atoms with E-state index in [4.69, 9.17) is 10.5 Å². The predicted molar refractivity (Wildman–Crippen MR) is 116 cm³/mol. The number of aliphatic imine (C=N–C) groups is 1. The van der Waals surface area contributed by atoms with Crippen molar-refractivity contribution < 1.29 is 9.53 Å². The number of carbonyl (C=O) groups is 1. The third-order valence-corrected chi connectivity index (χ3v) is 5.21. The number of hydrogen-bond donors (Lipinski definition) is 2. The molecule has 2 unspecified atom stereocenters. The van der Waals surface area contributed by atoms with Crippen molar-refractivity contribution in [3.8, 4) is 0 Å². The van der Waals surface area contributed by atoms with Crippen LogP contribution in [-0.4, -0.2) is 73.3 Å². The van der Waals surface area contributed by atoms with Crippen molar-refractivity contribution in [2.75, 3.05) is 39.3 Å². The van der Waals surface area contributed by atoms with Crippen molar-refractivity contribution >= 4 is 36.0 Å². The van der Waals surface area contributed by atoms with Crippen LogP contribution in [0.3, 0.4) is 0 Å². The second-order valence-corrected chi connectivity index (χ2v) is 7.42. The molecule has 0 saturated carbocycles. The van der Waals surface area contributed by atoms with Gasteiger partial charge < -0.3 is 20.7 Å². The summed E-state index contributed by atoms with van der Waals surface area (Å²) in [4.78, 5) is 20.5. The molecule has 26 heavy (non-hydrogen) atoms. The second-order valence-electron chi connectivity index (χ2n) is 7.42. The molecular weight excluding hydrogens is 445 g/mol. The summed E-state index contributed by atoms with van der Waals surface area (Å²) in [6.45, 7) is 11.3. The van der Waals surface area contributed by atoms with Gasteiger partial charge in [-0.05, 0) is 52.0 Å². The summed E-state index contributed by atoms with van der Waals surface area (Å²) in [7, 11) is 0. The Bertz CT molecular complexity index is 455. The van der Waals surface area contributed by atoms with Crippen LogP contribution in [0.25, 0.3) is 0 Å². The molecule has 2 heterocycles. The highest BCUT2D eigenvalue weighted by Gasteiger charge is 2.24. The Hall–Kier alpha value is -0.770. The molecule has 0 aromatic carbocycles. The lowest BCUT2D eigenvalue weighted by Crippen LogP contribution is -2.49. The highest BCUT2D eigenvalue weighted by Crippen LogP contribution is 2.17. The van der Waals surface area contributed by atoms with Gasteiger partial charge in [0.25, 0.3) is 0 Å². The molecule has 0 radical (unpaired) electrons. The molecule has 2 aliphatic rings. The lowest BCUT2D eigenvalue weighted by atomic mass is 9.99. The van der Waals surface area contributed by atoms with E-state index in [9.17, 15) is 4.79 Å². The fourth-order valence-corrected chi connectivity index (χ4v) is 3.65. The zero-order chi connectivity index (χ0) is 18.2. The van der Waals surface area contributed by atoms with Crippen LogP contribution in [0.1, 0.15) is 46.5 Å². The second kappa shape index (κ2) is 11.8. The molecule has 1 amide bonds. The van der Waals surface area contributed by atoms with Gasteiger partial charge >= 0.3 is 6.09 Å². The molecule has 7 nitrogen and oxygen atoms in total. The van der Waals surface area contributed by atoms with E-state index in [0.29, 0.717) is 31.7 Å². The molecule has 0 aromatic heterocycles. The molecule has 2 fully saturated rings. The first-order valence-corrected chi connectivity index (χ1v) is 9.71. The Morgan fingerprint density at radius 2 is 2.00 bits per heavy atom. The number of guanidine groups is 1. The Morgan fingerprint density at radius 1 is 1.31 bits per heavy atom. The van der Waals surface area contributed by atoms with Crippen LogP contribution in [0.5, 0.6) is 0 Å². The largest absolute Gasteiger partial charge is 0.450 e. The smallest absolute Gasteiger partial charge is 0.409 e. The maximum Gasteiger partial charge on any atom is 0.409 e. The lowest BCUT2D eigenvalue weighted by Gasteiger charge is -2.35. The summed E-state index contributed by atoms with van der Waals surface area (Å²) in [6, 6.07) is 0.702. The minimum atomic E-state index is -0.216. The zero-order valence-electron chi connectivity index (χ0n) is 16.4. The van der Waals surface area contributed by atoms with Gasteiger partial charge in [0.15, 0.2) is 5.96 Å². The highest BCUT2D eigenvalue weighted by atomic mass is 127. The molecule has 0 aliphatic carbocycles. The Morgan fingerprint density at radius 3 is 2.62 bits per heavy atom. The molecule has 2 aliphatic heterocycles. The Labute approximate surface area is 175 Å². The van der Waals surface area contributed by atoms with Crippen LogP contribution in [0.4, 0.5) is 4.79 Å². The van der Waals surface area contributed by atoms with Crippen molar-refractivity contribution in [1.82, 2.24) is 15.1 Å². The number of nitrogens with one attached hydrogen (secondary N) is 1. The molecule has 8 heteroatoms. The monoisotopic (exact) mass is 481 g/mol. The first kappa shape index (κ1) is 23.3. The number of hydrogen-bond acceptors (Lipinski definition) is 4. The lowest BCUT2D eigenvalue weighted by molar-refractivity contribution is 0.0963. The quantitative estimate of drug-likeness (QED) is 0.358. The summed E-state index contributed by atoms with van der Waals surface area (Å²) in [5.74, 6) is 1.30. The van der Waals surface area contributed by atoms with E-state index in [1.807, 2.05) is 6.92 Å². The summed E-state index contributed by atoms with van der Waals surface area (Å²) in [6.07, 6.45) is 4.14. The van der Waals surface area contributed by atoms with E-state index >= 15 is 0 Å². The Kier molecular flexibility index (Phi) is 10.6. The third kappa shape index (κ3) is 7.46. The van der Waals surface area contributed by atoms with E-state index in [-0.39, 0.29) is 36.1 Å².